The van der Waals surface area contributed by atoms with Gasteiger partial charge in [0.1, 0.15) is 36.7 Å². The summed E-state index contributed by atoms with van der Waals surface area (Å²) in [6.07, 6.45) is 0. The van der Waals surface area contributed by atoms with Crippen molar-refractivity contribution in [1.29, 1.82) is 0 Å². The fourth-order valence-corrected chi connectivity index (χ4v) is 18.4. The first-order valence-electron chi connectivity index (χ1n) is 16.7. The summed E-state index contributed by atoms with van der Waals surface area (Å²) in [6, 6.07) is 5.80. The van der Waals surface area contributed by atoms with Crippen LogP contribution in [0.5, 0.6) is 0 Å². The van der Waals surface area contributed by atoms with Gasteiger partial charge in [-0.25, -0.2) is 52.2 Å². The Labute approximate surface area is 319 Å². The van der Waals surface area contributed by atoms with Crippen molar-refractivity contribution in [2.45, 2.75) is 128 Å². The first-order valence-corrected chi connectivity index (χ1v) is 23.4. The Bertz CT molecular complexity index is 1100. The summed E-state index contributed by atoms with van der Waals surface area (Å²) in [5.41, 5.74) is 4.65. The molecule has 20 heteroatoms. The van der Waals surface area contributed by atoms with Gasteiger partial charge in [-0.15, -0.1) is 20.5 Å². The third-order valence-electron chi connectivity index (χ3n) is 9.08. The van der Waals surface area contributed by atoms with Crippen molar-refractivity contribution in [2.75, 3.05) is 26.4 Å². The molecular formula is C31H55Cl2N3NiO12Si2-2. The van der Waals surface area contributed by atoms with Crippen LogP contribution in [0.4, 0.5) is 0 Å². The van der Waals surface area contributed by atoms with Crippen molar-refractivity contribution < 1.29 is 92.6 Å². The summed E-state index contributed by atoms with van der Waals surface area (Å²) in [5, 5.41) is 0. The molecule has 2 atom stereocenters. The van der Waals surface area contributed by atoms with Crippen molar-refractivity contribution in [3.05, 3.63) is 29.6 Å². The Morgan fingerprint density at radius 3 is 1.08 bits per heavy atom. The summed E-state index contributed by atoms with van der Waals surface area (Å²) in [6.45, 7) is 29.9. The molecule has 0 amide bonds. The fraction of sp³-hybridized carbons (Fsp3) is 0.774. The third kappa shape index (κ3) is 15.8. The van der Waals surface area contributed by atoms with Gasteiger partial charge in [0.2, 0.25) is 11.8 Å². The Hall–Kier alpha value is -0.803. The molecule has 2 aliphatic heterocycles. The molecule has 0 saturated carbocycles. The summed E-state index contributed by atoms with van der Waals surface area (Å²) in [5.74, 6) is 1.14. The minimum absolute atomic E-state index is 0. The van der Waals surface area contributed by atoms with Crippen LogP contribution >= 0.6 is 0 Å². The molecule has 3 heterocycles. The van der Waals surface area contributed by atoms with Crippen molar-refractivity contribution >= 4 is 28.4 Å². The largest absolute Gasteiger partial charge is 0.474 e. The SMILES string of the molecule is CC(C)[Si](OC[C@H]1COC(c2cccc(C3=N[C@@H](CO[Si](C(C)C)(C(C)C)C(C)C)CO3)n2)=N1)(C(C)C)C(C)C.[Ni].[O-][Cl+3]([O-])([O-])[O-].[O-][Cl+3]([O-])([O-])[O-]. The smallest absolute Gasteiger partial charge is 0.235 e. The number of pyridine rings is 1. The van der Waals surface area contributed by atoms with E-state index in [-0.39, 0.29) is 28.6 Å². The predicted octanol–water partition coefficient (Wildman–Crippen LogP) is -1.76. The number of halogens is 2. The molecule has 0 N–H and O–H groups in total. The van der Waals surface area contributed by atoms with E-state index < -0.39 is 37.1 Å². The second-order valence-corrected chi connectivity index (χ2v) is 26.7. The maximum atomic E-state index is 8.49. The van der Waals surface area contributed by atoms with Crippen LogP contribution < -0.4 is 37.3 Å². The topological polar surface area (TPSA) is 259 Å². The average Bonchev–Trinajstić information content (AvgIpc) is 3.61. The molecule has 2 aliphatic rings. The van der Waals surface area contributed by atoms with Crippen LogP contribution in [0.1, 0.15) is 94.5 Å². The zero-order chi connectivity index (χ0) is 38.8. The van der Waals surface area contributed by atoms with E-state index in [1.54, 1.807) is 0 Å². The van der Waals surface area contributed by atoms with E-state index in [9.17, 15) is 0 Å². The molecule has 0 aliphatic carbocycles. The standard InChI is InChI=1S/C31H55N3O4Si2.2ClHO4.Ni/c1-20(2)39(21(3)4,22(5)6)37-18-26-16-35-30(32-26)28-14-13-15-29(34-28)31-33-27(17-36-31)19-38-40(23(7)8,24(9)10)25(11)12;2*2-1(3,4)5;/h13-15,20-27H,16-19H2,1-12H3;2*(H,2,3,4,5);/p-2/t26-,27-;;;/m1.../s1. The van der Waals surface area contributed by atoms with Crippen molar-refractivity contribution in [3.63, 3.8) is 0 Å². The normalized spacial score (nSPS) is 18.2. The first-order chi connectivity index (χ1) is 22.7. The summed E-state index contributed by atoms with van der Waals surface area (Å²) in [7, 11) is -13.8. The Kier molecular flexibility index (Phi) is 21.0. The van der Waals surface area contributed by atoms with E-state index in [0.29, 0.717) is 82.9 Å². The van der Waals surface area contributed by atoms with Crippen molar-refractivity contribution in [1.82, 2.24) is 4.98 Å². The second-order valence-electron chi connectivity index (χ2n) is 14.2. The van der Waals surface area contributed by atoms with E-state index >= 15 is 0 Å². The van der Waals surface area contributed by atoms with Crippen LogP contribution in [-0.2, 0) is 34.8 Å². The van der Waals surface area contributed by atoms with Gasteiger partial charge in [-0.1, -0.05) is 89.2 Å². The summed E-state index contributed by atoms with van der Waals surface area (Å²) >= 11 is 0. The van der Waals surface area contributed by atoms with E-state index in [0.717, 1.165) is 0 Å². The molecule has 0 unspecified atom stereocenters. The van der Waals surface area contributed by atoms with Crippen LogP contribution in [0.2, 0.25) is 33.2 Å². The van der Waals surface area contributed by atoms with Gasteiger partial charge in [0.25, 0.3) is 0 Å². The molecule has 0 radical (unpaired) electrons. The zero-order valence-corrected chi connectivity index (χ0v) is 36.0. The van der Waals surface area contributed by atoms with Gasteiger partial charge in [0.15, 0.2) is 16.6 Å². The van der Waals surface area contributed by atoms with Gasteiger partial charge in [-0.05, 0) is 45.4 Å². The Balaban J connectivity index is 0.00000200. The number of rotatable bonds is 14. The monoisotopic (exact) mass is 845 g/mol. The molecule has 0 spiro atoms. The van der Waals surface area contributed by atoms with E-state index in [1.807, 2.05) is 18.2 Å². The molecule has 0 bridgehead atoms. The summed E-state index contributed by atoms with van der Waals surface area (Å²) in [4.78, 5) is 14.5. The number of ether oxygens (including phenoxy) is 2. The molecular weight excluding hydrogens is 792 g/mol. The first kappa shape index (κ1) is 50.2. The maximum absolute atomic E-state index is 8.49. The number of hydrogen-bond acceptors (Lipinski definition) is 15. The predicted molar refractivity (Wildman–Crippen MR) is 171 cm³/mol. The molecule has 0 aromatic carbocycles. The summed E-state index contributed by atoms with van der Waals surface area (Å²) < 4.78 is 93.5. The fourth-order valence-electron chi connectivity index (χ4n) is 7.44. The molecule has 0 fully saturated rings. The molecule has 3 rings (SSSR count). The minimum Gasteiger partial charge on any atom is -0.474 e. The van der Waals surface area contributed by atoms with Crippen molar-refractivity contribution in [2.24, 2.45) is 9.98 Å². The van der Waals surface area contributed by atoms with Gasteiger partial charge >= 0.3 is 0 Å². The van der Waals surface area contributed by atoms with Crippen LogP contribution in [0.15, 0.2) is 28.2 Å². The van der Waals surface area contributed by atoms with Crippen LogP contribution in [0, 0.1) is 20.5 Å². The molecule has 0 saturated heterocycles. The quantitative estimate of drug-likeness (QED) is 0.188. The molecule has 1 aromatic heterocycles. The zero-order valence-electron chi connectivity index (χ0n) is 31.5. The minimum atomic E-state index is -4.94. The number of hydrogen-bond donors (Lipinski definition) is 0. The van der Waals surface area contributed by atoms with Crippen LogP contribution in [0.3, 0.4) is 0 Å². The Morgan fingerprint density at radius 1 is 0.588 bits per heavy atom. The molecule has 1 aromatic rings. The maximum Gasteiger partial charge on any atom is 0.235 e. The number of aliphatic imine (C=N–C) groups is 2. The van der Waals surface area contributed by atoms with E-state index in [1.165, 1.54) is 0 Å². The Morgan fingerprint density at radius 2 is 0.843 bits per heavy atom. The molecule has 15 nitrogen and oxygen atoms in total. The van der Waals surface area contributed by atoms with Crippen LogP contribution in [0.25, 0.3) is 0 Å². The van der Waals surface area contributed by atoms with Gasteiger partial charge in [-0.2, -0.15) is 0 Å². The molecule has 51 heavy (non-hydrogen) atoms. The number of aromatic nitrogens is 1. The third-order valence-corrected chi connectivity index (χ3v) is 21.2. The van der Waals surface area contributed by atoms with Gasteiger partial charge in [0, 0.05) is 16.5 Å². The van der Waals surface area contributed by atoms with E-state index in [2.05, 4.69) is 83.1 Å². The second kappa shape index (κ2) is 21.3. The number of nitrogens with zero attached hydrogens (tertiary/aromatic N) is 3. The van der Waals surface area contributed by atoms with Gasteiger partial charge in [0.05, 0.1) is 13.2 Å². The van der Waals surface area contributed by atoms with Crippen LogP contribution in [-0.4, -0.2) is 71.9 Å². The van der Waals surface area contributed by atoms with Gasteiger partial charge in [-0.3, -0.25) is 0 Å². The van der Waals surface area contributed by atoms with Crippen molar-refractivity contribution in [3.8, 4) is 0 Å². The average molecular weight is 848 g/mol. The van der Waals surface area contributed by atoms with E-state index in [4.69, 9.17) is 70.6 Å². The molecule has 300 valence electrons. The van der Waals surface area contributed by atoms with Gasteiger partial charge < -0.3 is 18.3 Å².